The van der Waals surface area contributed by atoms with Crippen LogP contribution in [0.15, 0.2) is 47.6 Å². The van der Waals surface area contributed by atoms with Crippen molar-refractivity contribution >= 4 is 29.4 Å². The zero-order chi connectivity index (χ0) is 19.8. The minimum atomic E-state index is -0.547. The fourth-order valence-corrected chi connectivity index (χ4v) is 1.99. The Hall–Kier alpha value is -3.95. The number of non-ortho nitro benzene ring substituents is 1. The number of benzene rings is 2. The highest BCUT2D eigenvalue weighted by Gasteiger charge is 2.09. The molecule has 2 amide bonds. The minimum absolute atomic E-state index is 0.0927. The van der Waals surface area contributed by atoms with E-state index in [1.807, 2.05) is 0 Å². The summed E-state index contributed by atoms with van der Waals surface area (Å²) in [4.78, 5) is 33.5. The lowest BCUT2D eigenvalue weighted by Gasteiger charge is -2.04. The Kier molecular flexibility index (Phi) is 6.42. The van der Waals surface area contributed by atoms with Crippen molar-refractivity contribution in [2.75, 3.05) is 5.32 Å². The topological polar surface area (TPSA) is 154 Å². The molecule has 0 aliphatic heterocycles. The summed E-state index contributed by atoms with van der Waals surface area (Å²) in [5.41, 5.74) is 2.80. The molecule has 4 N–H and O–H groups in total. The molecule has 0 radical (unpaired) electrons. The lowest BCUT2D eigenvalue weighted by Crippen LogP contribution is -2.20. The van der Waals surface area contributed by atoms with E-state index in [-0.39, 0.29) is 30.0 Å². The molecule has 0 heterocycles. The van der Waals surface area contributed by atoms with Gasteiger partial charge in [0.25, 0.3) is 5.69 Å². The number of nitro groups is 1. The molecular formula is C17H16N4O6. The molecule has 0 saturated carbocycles. The van der Waals surface area contributed by atoms with Gasteiger partial charge in [0.1, 0.15) is 11.5 Å². The number of hydrogen-bond acceptors (Lipinski definition) is 7. The van der Waals surface area contributed by atoms with Crippen molar-refractivity contribution in [3.05, 3.63) is 58.1 Å². The molecule has 0 fully saturated rings. The first-order valence-corrected chi connectivity index (χ1v) is 7.73. The SMILES string of the molecule is O=C(CCC(=O)Nc1ccc([N+](=O)[O-])cc1)N/N=C/c1ccc(O)cc1O. The maximum absolute atomic E-state index is 11.8. The second-order valence-corrected chi connectivity index (χ2v) is 5.39. The van der Waals surface area contributed by atoms with Gasteiger partial charge < -0.3 is 15.5 Å². The number of phenolic OH excluding ortho intramolecular Hbond substituents is 2. The molecule has 0 spiro atoms. The number of nitrogens with zero attached hydrogens (tertiary/aromatic N) is 2. The smallest absolute Gasteiger partial charge is 0.269 e. The van der Waals surface area contributed by atoms with Crippen molar-refractivity contribution in [3.63, 3.8) is 0 Å². The van der Waals surface area contributed by atoms with Crippen molar-refractivity contribution in [2.24, 2.45) is 5.10 Å². The Bertz CT molecular complexity index is 879. The second kappa shape index (κ2) is 8.94. The maximum Gasteiger partial charge on any atom is 0.269 e. The predicted octanol–water partition coefficient (Wildman–Crippen LogP) is 1.87. The predicted molar refractivity (Wildman–Crippen MR) is 96.5 cm³/mol. The van der Waals surface area contributed by atoms with Crippen LogP contribution in [-0.2, 0) is 9.59 Å². The monoisotopic (exact) mass is 372 g/mol. The first kappa shape index (κ1) is 19.4. The number of aromatic hydroxyl groups is 2. The Morgan fingerprint density at radius 1 is 1.07 bits per heavy atom. The van der Waals surface area contributed by atoms with Gasteiger partial charge in [0.15, 0.2) is 0 Å². The van der Waals surface area contributed by atoms with Crippen LogP contribution in [0.5, 0.6) is 11.5 Å². The number of nitrogens with one attached hydrogen (secondary N) is 2. The third-order valence-electron chi connectivity index (χ3n) is 3.35. The molecule has 0 aromatic heterocycles. The number of nitro benzene ring substituents is 1. The summed E-state index contributed by atoms with van der Waals surface area (Å²) < 4.78 is 0. The van der Waals surface area contributed by atoms with Gasteiger partial charge in [0.05, 0.1) is 11.1 Å². The van der Waals surface area contributed by atoms with E-state index in [1.165, 1.54) is 42.6 Å². The molecule has 0 bridgehead atoms. The molecule has 10 nitrogen and oxygen atoms in total. The summed E-state index contributed by atoms with van der Waals surface area (Å²) in [6, 6.07) is 9.20. The zero-order valence-electron chi connectivity index (χ0n) is 14.0. The zero-order valence-corrected chi connectivity index (χ0v) is 14.0. The highest BCUT2D eigenvalue weighted by atomic mass is 16.6. The molecular weight excluding hydrogens is 356 g/mol. The lowest BCUT2D eigenvalue weighted by molar-refractivity contribution is -0.384. The van der Waals surface area contributed by atoms with Gasteiger partial charge in [-0.2, -0.15) is 5.10 Å². The van der Waals surface area contributed by atoms with Crippen molar-refractivity contribution in [2.45, 2.75) is 12.8 Å². The number of hydrazone groups is 1. The molecule has 0 saturated heterocycles. The van der Waals surface area contributed by atoms with E-state index in [0.29, 0.717) is 11.3 Å². The first-order chi connectivity index (χ1) is 12.8. The summed E-state index contributed by atoms with van der Waals surface area (Å²) >= 11 is 0. The maximum atomic E-state index is 11.8. The number of carbonyl (C=O) groups is 2. The van der Waals surface area contributed by atoms with Crippen LogP contribution in [0.2, 0.25) is 0 Å². The average Bonchev–Trinajstić information content (AvgIpc) is 2.62. The van der Waals surface area contributed by atoms with Crippen LogP contribution >= 0.6 is 0 Å². The number of phenols is 2. The average molecular weight is 372 g/mol. The molecule has 10 heteroatoms. The van der Waals surface area contributed by atoms with E-state index < -0.39 is 16.7 Å². The van der Waals surface area contributed by atoms with Crippen LogP contribution in [0.4, 0.5) is 11.4 Å². The van der Waals surface area contributed by atoms with Crippen molar-refractivity contribution in [3.8, 4) is 11.5 Å². The molecule has 0 atom stereocenters. The fraction of sp³-hybridized carbons (Fsp3) is 0.118. The molecule has 0 aliphatic rings. The Morgan fingerprint density at radius 2 is 1.74 bits per heavy atom. The summed E-state index contributed by atoms with van der Waals surface area (Å²) in [6.45, 7) is 0. The summed E-state index contributed by atoms with van der Waals surface area (Å²) in [5, 5.41) is 35.5. The van der Waals surface area contributed by atoms with Crippen LogP contribution in [0.25, 0.3) is 0 Å². The fourth-order valence-electron chi connectivity index (χ4n) is 1.99. The van der Waals surface area contributed by atoms with Crippen LogP contribution in [0.1, 0.15) is 18.4 Å². The van der Waals surface area contributed by atoms with Gasteiger partial charge in [-0.25, -0.2) is 5.43 Å². The molecule has 0 unspecified atom stereocenters. The molecule has 2 aromatic rings. The highest BCUT2D eigenvalue weighted by molar-refractivity contribution is 5.93. The molecule has 2 aromatic carbocycles. The Balaban J connectivity index is 1.76. The molecule has 140 valence electrons. The summed E-state index contributed by atoms with van der Waals surface area (Å²) in [5.74, 6) is -1.24. The normalized spacial score (nSPS) is 10.5. The highest BCUT2D eigenvalue weighted by Crippen LogP contribution is 2.20. The second-order valence-electron chi connectivity index (χ2n) is 5.39. The lowest BCUT2D eigenvalue weighted by atomic mass is 10.2. The quantitative estimate of drug-likeness (QED) is 0.330. The molecule has 0 aliphatic carbocycles. The number of anilines is 1. The first-order valence-electron chi connectivity index (χ1n) is 7.73. The Morgan fingerprint density at radius 3 is 2.37 bits per heavy atom. The Labute approximate surface area is 153 Å². The summed E-state index contributed by atoms with van der Waals surface area (Å²) in [6.07, 6.45) is 0.962. The van der Waals surface area contributed by atoms with E-state index in [0.717, 1.165) is 6.07 Å². The van der Waals surface area contributed by atoms with E-state index in [2.05, 4.69) is 15.8 Å². The van der Waals surface area contributed by atoms with Gasteiger partial charge in [0.2, 0.25) is 11.8 Å². The third-order valence-corrected chi connectivity index (χ3v) is 3.35. The van der Waals surface area contributed by atoms with Crippen molar-refractivity contribution in [1.29, 1.82) is 0 Å². The standard InChI is InChI=1S/C17H16N4O6/c22-14-6-1-11(15(23)9-14)10-18-20-17(25)8-7-16(24)19-12-2-4-13(5-3-12)21(26)27/h1-6,9-10,22-23H,7-8H2,(H,19,24)(H,20,25)/b18-10+. The summed E-state index contributed by atoms with van der Waals surface area (Å²) in [7, 11) is 0. The number of rotatable bonds is 7. The number of carbonyl (C=O) groups excluding carboxylic acids is 2. The van der Waals surface area contributed by atoms with Crippen LogP contribution < -0.4 is 10.7 Å². The van der Waals surface area contributed by atoms with Gasteiger partial charge in [-0.3, -0.25) is 19.7 Å². The molecule has 2 rings (SSSR count). The van der Waals surface area contributed by atoms with Crippen LogP contribution in [-0.4, -0.2) is 33.2 Å². The molecule has 27 heavy (non-hydrogen) atoms. The van der Waals surface area contributed by atoms with E-state index >= 15 is 0 Å². The minimum Gasteiger partial charge on any atom is -0.508 e. The van der Waals surface area contributed by atoms with Gasteiger partial charge in [-0.15, -0.1) is 0 Å². The van der Waals surface area contributed by atoms with Gasteiger partial charge in [0, 0.05) is 42.3 Å². The van der Waals surface area contributed by atoms with Crippen LogP contribution in [0.3, 0.4) is 0 Å². The van der Waals surface area contributed by atoms with E-state index in [9.17, 15) is 29.9 Å². The number of hydrogen-bond donors (Lipinski definition) is 4. The van der Waals surface area contributed by atoms with Gasteiger partial charge in [-0.1, -0.05) is 0 Å². The van der Waals surface area contributed by atoms with Gasteiger partial charge >= 0.3 is 0 Å². The van der Waals surface area contributed by atoms with Crippen LogP contribution in [0, 0.1) is 10.1 Å². The third kappa shape index (κ3) is 6.12. The van der Waals surface area contributed by atoms with Gasteiger partial charge in [-0.05, 0) is 24.3 Å². The number of amides is 2. The largest absolute Gasteiger partial charge is 0.508 e. The van der Waals surface area contributed by atoms with Crippen molar-refractivity contribution in [1.82, 2.24) is 5.43 Å². The van der Waals surface area contributed by atoms with Crippen molar-refractivity contribution < 1.29 is 24.7 Å². The van der Waals surface area contributed by atoms with E-state index in [4.69, 9.17) is 0 Å². The van der Waals surface area contributed by atoms with E-state index in [1.54, 1.807) is 0 Å².